The average Bonchev–Trinajstić information content (AvgIpc) is 2.28. The van der Waals surface area contributed by atoms with Gasteiger partial charge >= 0.3 is 0 Å². The minimum Gasteiger partial charge on any atom is -0.393 e. The number of aliphatic hydroxyl groups excluding tert-OH is 1. The van der Waals surface area contributed by atoms with Crippen LogP contribution in [0.15, 0.2) is 0 Å². The van der Waals surface area contributed by atoms with Gasteiger partial charge in [-0.2, -0.15) is 0 Å². The molecule has 1 amide bonds. The number of carbonyl (C=O) groups is 1. The number of carbonyl (C=O) groups excluding carboxylic acids is 1. The molecule has 0 aromatic rings. The normalized spacial score (nSPS) is 34.1. The fourth-order valence-electron chi connectivity index (χ4n) is 3.37. The Labute approximate surface area is 110 Å². The first-order valence-corrected chi connectivity index (χ1v) is 7.25. The third kappa shape index (κ3) is 3.45. The Balaban J connectivity index is 1.79. The van der Waals surface area contributed by atoms with E-state index in [1.54, 1.807) is 6.92 Å². The van der Waals surface area contributed by atoms with Crippen LogP contribution in [-0.4, -0.2) is 47.2 Å². The largest absolute Gasteiger partial charge is 0.393 e. The fourth-order valence-corrected chi connectivity index (χ4v) is 3.37. The van der Waals surface area contributed by atoms with Crippen LogP contribution in [0, 0.1) is 0 Å². The van der Waals surface area contributed by atoms with Crippen molar-refractivity contribution in [2.45, 2.75) is 76.1 Å². The van der Waals surface area contributed by atoms with Crippen LogP contribution >= 0.6 is 0 Å². The highest BCUT2D eigenvalue weighted by molar-refractivity contribution is 5.76. The Hall–Kier alpha value is -0.610. The van der Waals surface area contributed by atoms with Crippen LogP contribution < -0.4 is 5.32 Å². The molecule has 2 saturated heterocycles. The molecule has 4 heteroatoms. The topological polar surface area (TPSA) is 52.6 Å². The molecule has 2 bridgehead atoms. The lowest BCUT2D eigenvalue weighted by Gasteiger charge is -2.47. The highest BCUT2D eigenvalue weighted by atomic mass is 16.3. The average molecular weight is 254 g/mol. The molecule has 0 aromatic carbocycles. The highest BCUT2D eigenvalue weighted by Gasteiger charge is 2.36. The number of piperidine rings is 2. The molecule has 3 unspecified atom stereocenters. The molecule has 0 spiro atoms. The Morgan fingerprint density at radius 3 is 2.56 bits per heavy atom. The summed E-state index contributed by atoms with van der Waals surface area (Å²) in [4.78, 5) is 14.3. The summed E-state index contributed by atoms with van der Waals surface area (Å²) in [5.74, 6) is 0.100. The van der Waals surface area contributed by atoms with E-state index in [0.717, 1.165) is 12.8 Å². The van der Waals surface area contributed by atoms with Gasteiger partial charge in [-0.1, -0.05) is 6.42 Å². The minimum atomic E-state index is -0.382. The number of hydrogen-bond acceptors (Lipinski definition) is 3. The van der Waals surface area contributed by atoms with Crippen molar-refractivity contribution in [2.75, 3.05) is 7.05 Å². The molecule has 0 saturated carbocycles. The van der Waals surface area contributed by atoms with Gasteiger partial charge in [-0.25, -0.2) is 0 Å². The van der Waals surface area contributed by atoms with E-state index in [1.165, 1.54) is 19.3 Å². The van der Waals surface area contributed by atoms with Crippen LogP contribution in [-0.2, 0) is 4.79 Å². The molecule has 2 aliphatic rings. The van der Waals surface area contributed by atoms with Gasteiger partial charge < -0.3 is 15.3 Å². The van der Waals surface area contributed by atoms with E-state index in [4.69, 9.17) is 0 Å². The Bertz CT molecular complexity index is 280. The van der Waals surface area contributed by atoms with Crippen molar-refractivity contribution in [3.63, 3.8) is 0 Å². The molecule has 18 heavy (non-hydrogen) atoms. The Kier molecular flexibility index (Phi) is 4.62. The predicted octanol–water partition coefficient (Wildman–Crippen LogP) is 1.28. The summed E-state index contributed by atoms with van der Waals surface area (Å²) in [5, 5.41) is 12.3. The summed E-state index contributed by atoms with van der Waals surface area (Å²) in [5.41, 5.74) is 0. The van der Waals surface area contributed by atoms with Crippen LogP contribution in [0.1, 0.15) is 51.9 Å². The van der Waals surface area contributed by atoms with Gasteiger partial charge in [0.05, 0.1) is 6.10 Å². The van der Waals surface area contributed by atoms with Gasteiger partial charge in [0.1, 0.15) is 0 Å². The SMILES string of the molecule is CC(O)CCC(=O)NC1CC2CCCC(C1)N2C. The number of hydrogen-bond donors (Lipinski definition) is 2. The van der Waals surface area contributed by atoms with E-state index < -0.39 is 0 Å². The van der Waals surface area contributed by atoms with Crippen molar-refractivity contribution in [1.82, 2.24) is 10.2 Å². The van der Waals surface area contributed by atoms with Crippen LogP contribution in [0.2, 0.25) is 0 Å². The molecule has 4 nitrogen and oxygen atoms in total. The van der Waals surface area contributed by atoms with Gasteiger partial charge in [0.15, 0.2) is 0 Å². The maximum absolute atomic E-state index is 11.8. The van der Waals surface area contributed by atoms with Crippen molar-refractivity contribution in [3.05, 3.63) is 0 Å². The molecule has 0 radical (unpaired) electrons. The first-order valence-electron chi connectivity index (χ1n) is 7.25. The maximum atomic E-state index is 11.8. The van der Waals surface area contributed by atoms with E-state index >= 15 is 0 Å². The van der Waals surface area contributed by atoms with Crippen molar-refractivity contribution in [3.8, 4) is 0 Å². The summed E-state index contributed by atoms with van der Waals surface area (Å²) in [7, 11) is 2.22. The monoisotopic (exact) mass is 254 g/mol. The van der Waals surface area contributed by atoms with Gasteiger partial charge in [-0.3, -0.25) is 4.79 Å². The van der Waals surface area contributed by atoms with Gasteiger partial charge in [0, 0.05) is 24.5 Å². The Morgan fingerprint density at radius 2 is 2.00 bits per heavy atom. The zero-order chi connectivity index (χ0) is 13.1. The third-order valence-electron chi connectivity index (χ3n) is 4.49. The number of fused-ring (bicyclic) bond motifs is 2. The lowest BCUT2D eigenvalue weighted by Crippen LogP contribution is -2.55. The number of nitrogens with one attached hydrogen (secondary N) is 1. The molecule has 2 heterocycles. The molecular formula is C14H26N2O2. The lowest BCUT2D eigenvalue weighted by molar-refractivity contribution is -0.123. The van der Waals surface area contributed by atoms with Crippen molar-refractivity contribution in [1.29, 1.82) is 0 Å². The summed E-state index contributed by atoms with van der Waals surface area (Å²) in [6.07, 6.45) is 6.68. The molecule has 0 aromatic heterocycles. The second kappa shape index (κ2) is 6.02. The van der Waals surface area contributed by atoms with Gasteiger partial charge in [-0.15, -0.1) is 0 Å². The van der Waals surface area contributed by atoms with Crippen molar-refractivity contribution >= 4 is 5.91 Å². The van der Waals surface area contributed by atoms with Gasteiger partial charge in [-0.05, 0) is 46.1 Å². The zero-order valence-corrected chi connectivity index (χ0v) is 11.6. The zero-order valence-electron chi connectivity index (χ0n) is 11.6. The molecule has 0 aliphatic carbocycles. The predicted molar refractivity (Wildman–Crippen MR) is 71.3 cm³/mol. The molecule has 104 valence electrons. The third-order valence-corrected chi connectivity index (χ3v) is 4.49. The van der Waals surface area contributed by atoms with Crippen LogP contribution in [0.3, 0.4) is 0 Å². The standard InChI is InChI=1S/C14H26N2O2/c1-10(17)6-7-14(18)15-11-8-12-4-3-5-13(9-11)16(12)2/h10-13,17H,3-9H2,1-2H3,(H,15,18). The quantitative estimate of drug-likeness (QED) is 0.794. The lowest BCUT2D eigenvalue weighted by atomic mass is 9.82. The van der Waals surface area contributed by atoms with Crippen molar-refractivity contribution < 1.29 is 9.90 Å². The van der Waals surface area contributed by atoms with E-state index in [2.05, 4.69) is 17.3 Å². The molecule has 2 aliphatic heterocycles. The molecule has 2 N–H and O–H groups in total. The molecule has 2 rings (SSSR count). The maximum Gasteiger partial charge on any atom is 0.220 e. The second-order valence-electron chi connectivity index (χ2n) is 6.03. The number of rotatable bonds is 4. The summed E-state index contributed by atoms with van der Waals surface area (Å²) < 4.78 is 0. The van der Waals surface area contributed by atoms with Crippen molar-refractivity contribution in [2.24, 2.45) is 0 Å². The van der Waals surface area contributed by atoms with E-state index in [0.29, 0.717) is 31.0 Å². The van der Waals surface area contributed by atoms with Crippen LogP contribution in [0.4, 0.5) is 0 Å². The van der Waals surface area contributed by atoms with Crippen LogP contribution in [0.25, 0.3) is 0 Å². The van der Waals surface area contributed by atoms with Gasteiger partial charge in [0.2, 0.25) is 5.91 Å². The fraction of sp³-hybridized carbons (Fsp3) is 0.929. The summed E-state index contributed by atoms with van der Waals surface area (Å²) >= 11 is 0. The first-order chi connectivity index (χ1) is 8.56. The Morgan fingerprint density at radius 1 is 1.39 bits per heavy atom. The highest BCUT2D eigenvalue weighted by Crippen LogP contribution is 2.32. The number of nitrogens with zero attached hydrogens (tertiary/aromatic N) is 1. The summed E-state index contributed by atoms with van der Waals surface area (Å²) in [6, 6.07) is 1.65. The summed E-state index contributed by atoms with van der Waals surface area (Å²) in [6.45, 7) is 1.73. The molecular weight excluding hydrogens is 228 g/mol. The van der Waals surface area contributed by atoms with E-state index in [-0.39, 0.29) is 12.0 Å². The minimum absolute atomic E-state index is 0.100. The first kappa shape index (κ1) is 13.8. The number of amides is 1. The number of aliphatic hydroxyl groups is 1. The van der Waals surface area contributed by atoms with E-state index in [1.807, 2.05) is 0 Å². The van der Waals surface area contributed by atoms with Crippen LogP contribution in [0.5, 0.6) is 0 Å². The smallest absolute Gasteiger partial charge is 0.220 e. The van der Waals surface area contributed by atoms with E-state index in [9.17, 15) is 9.90 Å². The second-order valence-corrected chi connectivity index (χ2v) is 6.03. The molecule has 2 fully saturated rings. The molecule has 3 atom stereocenters. The van der Waals surface area contributed by atoms with Gasteiger partial charge in [0.25, 0.3) is 0 Å².